The van der Waals surface area contributed by atoms with E-state index in [4.69, 9.17) is 5.11 Å². The van der Waals surface area contributed by atoms with Gasteiger partial charge in [-0.15, -0.1) is 0 Å². The van der Waals surface area contributed by atoms with Crippen molar-refractivity contribution in [1.29, 1.82) is 0 Å². The summed E-state index contributed by atoms with van der Waals surface area (Å²) in [6.45, 7) is 4.85. The second-order valence-electron chi connectivity index (χ2n) is 4.31. The van der Waals surface area contributed by atoms with Crippen LogP contribution in [0.15, 0.2) is 36.7 Å². The number of benzene rings is 1. The highest BCUT2D eigenvalue weighted by molar-refractivity contribution is 5.87. The zero-order valence-electron chi connectivity index (χ0n) is 9.97. The number of carboxylic acid groups (broad SMARTS) is 1. The first-order valence-electron chi connectivity index (χ1n) is 5.51. The third-order valence-electron chi connectivity index (χ3n) is 2.85. The lowest BCUT2D eigenvalue weighted by Gasteiger charge is -2.07. The normalized spacial score (nSPS) is 10.5. The van der Waals surface area contributed by atoms with E-state index in [1.807, 2.05) is 4.57 Å². The lowest BCUT2D eigenvalue weighted by molar-refractivity contribution is 0.0697. The number of hydrogen-bond acceptors (Lipinski definition) is 1. The first-order valence-corrected chi connectivity index (χ1v) is 5.51. The van der Waals surface area contributed by atoms with Crippen molar-refractivity contribution in [2.75, 3.05) is 0 Å². The minimum atomic E-state index is -0.885. The van der Waals surface area contributed by atoms with Crippen LogP contribution in [0.3, 0.4) is 0 Å². The SMILES string of the molecule is Cc1ccc(Cn2ccc(C(=O)O)c2)c(C)c1. The van der Waals surface area contributed by atoms with Gasteiger partial charge in [-0.05, 0) is 31.0 Å². The van der Waals surface area contributed by atoms with Crippen molar-refractivity contribution in [2.24, 2.45) is 0 Å². The second kappa shape index (κ2) is 4.45. The molecule has 1 heterocycles. The largest absolute Gasteiger partial charge is 0.478 e. The number of aryl methyl sites for hydroxylation is 2. The van der Waals surface area contributed by atoms with Gasteiger partial charge in [-0.3, -0.25) is 0 Å². The third-order valence-corrected chi connectivity index (χ3v) is 2.85. The van der Waals surface area contributed by atoms with Crippen molar-refractivity contribution in [1.82, 2.24) is 4.57 Å². The molecule has 0 aliphatic heterocycles. The maximum absolute atomic E-state index is 10.8. The van der Waals surface area contributed by atoms with Crippen molar-refractivity contribution in [2.45, 2.75) is 20.4 Å². The molecule has 88 valence electrons. The standard InChI is InChI=1S/C14H15NO2/c1-10-3-4-12(11(2)7-10)8-15-6-5-13(9-15)14(16)17/h3-7,9H,8H2,1-2H3,(H,16,17). The zero-order chi connectivity index (χ0) is 12.4. The van der Waals surface area contributed by atoms with Crippen molar-refractivity contribution in [3.8, 4) is 0 Å². The molecule has 1 N–H and O–H groups in total. The van der Waals surface area contributed by atoms with Crippen LogP contribution in [0, 0.1) is 13.8 Å². The van der Waals surface area contributed by atoms with Crippen LogP contribution >= 0.6 is 0 Å². The number of rotatable bonds is 3. The van der Waals surface area contributed by atoms with Crippen LogP contribution in [0.5, 0.6) is 0 Å². The molecule has 0 spiro atoms. The fourth-order valence-electron chi connectivity index (χ4n) is 1.89. The van der Waals surface area contributed by atoms with Gasteiger partial charge in [0.05, 0.1) is 5.56 Å². The number of carbonyl (C=O) groups is 1. The maximum atomic E-state index is 10.8. The molecule has 0 bridgehead atoms. The van der Waals surface area contributed by atoms with Gasteiger partial charge >= 0.3 is 5.97 Å². The summed E-state index contributed by atoms with van der Waals surface area (Å²) < 4.78 is 1.89. The smallest absolute Gasteiger partial charge is 0.337 e. The molecule has 0 radical (unpaired) electrons. The molecule has 1 aromatic carbocycles. The van der Waals surface area contributed by atoms with Gasteiger partial charge in [-0.25, -0.2) is 4.79 Å². The Morgan fingerprint density at radius 3 is 2.65 bits per heavy atom. The molecule has 0 saturated heterocycles. The molecule has 2 rings (SSSR count). The Kier molecular flexibility index (Phi) is 3.00. The monoisotopic (exact) mass is 229 g/mol. The molecule has 0 amide bonds. The number of aromatic carboxylic acids is 1. The molecule has 0 aliphatic rings. The molecule has 0 fully saturated rings. The molecule has 1 aromatic heterocycles. The molecular weight excluding hydrogens is 214 g/mol. The van der Waals surface area contributed by atoms with Crippen LogP contribution in [-0.2, 0) is 6.54 Å². The Morgan fingerprint density at radius 2 is 2.06 bits per heavy atom. The minimum Gasteiger partial charge on any atom is -0.478 e. The molecule has 2 aromatic rings. The lowest BCUT2D eigenvalue weighted by Crippen LogP contribution is -2.00. The number of nitrogens with zero attached hydrogens (tertiary/aromatic N) is 1. The van der Waals surface area contributed by atoms with Crippen molar-refractivity contribution < 1.29 is 9.90 Å². The molecule has 0 saturated carbocycles. The Balaban J connectivity index is 2.22. The Bertz CT molecular complexity index is 555. The van der Waals surface area contributed by atoms with Gasteiger partial charge in [0.25, 0.3) is 0 Å². The van der Waals surface area contributed by atoms with Crippen molar-refractivity contribution >= 4 is 5.97 Å². The van der Waals surface area contributed by atoms with E-state index in [1.165, 1.54) is 16.7 Å². The van der Waals surface area contributed by atoms with Gasteiger partial charge in [0.15, 0.2) is 0 Å². The fraction of sp³-hybridized carbons (Fsp3) is 0.214. The molecule has 3 heteroatoms. The summed E-state index contributed by atoms with van der Waals surface area (Å²) in [4.78, 5) is 10.8. The van der Waals surface area contributed by atoms with Crippen molar-refractivity contribution in [3.05, 3.63) is 58.9 Å². The molecule has 3 nitrogen and oxygen atoms in total. The predicted octanol–water partition coefficient (Wildman–Crippen LogP) is 2.85. The van der Waals surface area contributed by atoms with E-state index in [9.17, 15) is 4.79 Å². The van der Waals surface area contributed by atoms with Gasteiger partial charge in [-0.1, -0.05) is 23.8 Å². The Morgan fingerprint density at radius 1 is 1.29 bits per heavy atom. The summed E-state index contributed by atoms with van der Waals surface area (Å²) in [7, 11) is 0. The number of hydrogen-bond donors (Lipinski definition) is 1. The summed E-state index contributed by atoms with van der Waals surface area (Å²) in [5.74, 6) is -0.885. The van der Waals surface area contributed by atoms with Crippen LogP contribution < -0.4 is 0 Å². The van der Waals surface area contributed by atoms with Gasteiger partial charge in [0.2, 0.25) is 0 Å². The van der Waals surface area contributed by atoms with Gasteiger partial charge in [0, 0.05) is 18.9 Å². The van der Waals surface area contributed by atoms with Crippen LogP contribution in [0.4, 0.5) is 0 Å². The summed E-state index contributed by atoms with van der Waals surface area (Å²) in [5, 5.41) is 8.84. The summed E-state index contributed by atoms with van der Waals surface area (Å²) in [5.41, 5.74) is 4.01. The van der Waals surface area contributed by atoms with Gasteiger partial charge in [0.1, 0.15) is 0 Å². The predicted molar refractivity (Wildman–Crippen MR) is 66.4 cm³/mol. The second-order valence-corrected chi connectivity index (χ2v) is 4.31. The van der Waals surface area contributed by atoms with E-state index in [2.05, 4.69) is 32.0 Å². The highest BCUT2D eigenvalue weighted by Gasteiger charge is 2.05. The van der Waals surface area contributed by atoms with E-state index in [1.54, 1.807) is 18.5 Å². The molecule has 0 unspecified atom stereocenters. The van der Waals surface area contributed by atoms with Crippen molar-refractivity contribution in [3.63, 3.8) is 0 Å². The van der Waals surface area contributed by atoms with Gasteiger partial charge < -0.3 is 9.67 Å². The number of aromatic nitrogens is 1. The Labute approximate surface area is 100 Å². The fourth-order valence-corrected chi connectivity index (χ4v) is 1.89. The number of carboxylic acids is 1. The summed E-state index contributed by atoms with van der Waals surface area (Å²) >= 11 is 0. The van der Waals surface area contributed by atoms with E-state index in [0.717, 1.165) is 0 Å². The van der Waals surface area contributed by atoms with Crippen LogP contribution in [-0.4, -0.2) is 15.6 Å². The van der Waals surface area contributed by atoms with Crippen LogP contribution in [0.25, 0.3) is 0 Å². The lowest BCUT2D eigenvalue weighted by atomic mass is 10.1. The third kappa shape index (κ3) is 2.56. The summed E-state index contributed by atoms with van der Waals surface area (Å²) in [6.07, 6.45) is 3.45. The van der Waals surface area contributed by atoms with Gasteiger partial charge in [-0.2, -0.15) is 0 Å². The molecule has 0 atom stereocenters. The first kappa shape index (κ1) is 11.5. The minimum absolute atomic E-state index is 0.328. The van der Waals surface area contributed by atoms with E-state index in [-0.39, 0.29) is 0 Å². The molecular formula is C14H15NO2. The van der Waals surface area contributed by atoms with Crippen LogP contribution in [0.1, 0.15) is 27.0 Å². The van der Waals surface area contributed by atoms with Crippen LogP contribution in [0.2, 0.25) is 0 Å². The molecule has 0 aliphatic carbocycles. The Hall–Kier alpha value is -2.03. The summed E-state index contributed by atoms with van der Waals surface area (Å²) in [6, 6.07) is 7.91. The zero-order valence-corrected chi connectivity index (χ0v) is 9.97. The quantitative estimate of drug-likeness (QED) is 0.879. The van der Waals surface area contributed by atoms with E-state index in [0.29, 0.717) is 12.1 Å². The average Bonchev–Trinajstić information content (AvgIpc) is 2.71. The topological polar surface area (TPSA) is 42.2 Å². The average molecular weight is 229 g/mol. The van der Waals surface area contributed by atoms with E-state index < -0.39 is 5.97 Å². The maximum Gasteiger partial charge on any atom is 0.337 e. The molecule has 17 heavy (non-hydrogen) atoms. The van der Waals surface area contributed by atoms with E-state index >= 15 is 0 Å². The highest BCUT2D eigenvalue weighted by Crippen LogP contribution is 2.13. The highest BCUT2D eigenvalue weighted by atomic mass is 16.4. The first-order chi connectivity index (χ1) is 8.06.